The van der Waals surface area contributed by atoms with Gasteiger partial charge in [-0.2, -0.15) is 0 Å². The molecule has 154 valence electrons. The summed E-state index contributed by atoms with van der Waals surface area (Å²) in [7, 11) is -1.51. The summed E-state index contributed by atoms with van der Waals surface area (Å²) < 4.78 is 24.7. The molecule has 7 nitrogen and oxygen atoms in total. The Hall–Kier alpha value is -1.93. The van der Waals surface area contributed by atoms with Crippen molar-refractivity contribution in [2.24, 2.45) is 5.41 Å². The van der Waals surface area contributed by atoms with Crippen LogP contribution < -0.4 is 5.32 Å². The fraction of sp³-hybridized carbons (Fsp3) is 0.600. The smallest absolute Gasteiger partial charge is 0.237 e. The van der Waals surface area contributed by atoms with Gasteiger partial charge >= 0.3 is 0 Å². The first-order valence-corrected chi connectivity index (χ1v) is 11.3. The highest BCUT2D eigenvalue weighted by Gasteiger charge is 2.53. The summed E-state index contributed by atoms with van der Waals surface area (Å²) in [6, 6.07) is 8.15. The number of nitrogens with zero attached hydrogens (tertiary/aromatic N) is 2. The summed E-state index contributed by atoms with van der Waals surface area (Å²) in [5.74, 6) is -0.283. The normalized spacial score (nSPS) is 21.7. The maximum Gasteiger partial charge on any atom is 0.237 e. The predicted molar refractivity (Wildman–Crippen MR) is 106 cm³/mol. The highest BCUT2D eigenvalue weighted by Crippen LogP contribution is 2.42. The molecule has 1 atom stereocenters. The minimum Gasteiger partial charge on any atom is -0.353 e. The molecular weight excluding hydrogens is 378 g/mol. The molecule has 0 aromatic heterocycles. The molecule has 1 aromatic rings. The van der Waals surface area contributed by atoms with E-state index in [1.807, 2.05) is 20.9 Å². The number of carbonyl (C=O) groups is 2. The molecule has 2 amide bonds. The van der Waals surface area contributed by atoms with E-state index in [0.29, 0.717) is 13.1 Å². The average molecular weight is 408 g/mol. The van der Waals surface area contributed by atoms with Crippen LogP contribution in [0.3, 0.4) is 0 Å². The Balaban J connectivity index is 1.51. The van der Waals surface area contributed by atoms with Gasteiger partial charge < -0.3 is 10.2 Å². The van der Waals surface area contributed by atoms with E-state index in [0.717, 1.165) is 13.0 Å². The van der Waals surface area contributed by atoms with E-state index in [-0.39, 0.29) is 46.4 Å². The molecule has 1 unspecified atom stereocenters. The molecule has 2 aliphatic rings. The molecular formula is C20H29N3O4S. The van der Waals surface area contributed by atoms with Gasteiger partial charge in [-0.3, -0.25) is 14.5 Å². The lowest BCUT2D eigenvalue weighted by molar-refractivity contribution is -0.142. The second-order valence-corrected chi connectivity index (χ2v) is 10.5. The van der Waals surface area contributed by atoms with Gasteiger partial charge in [-0.15, -0.1) is 0 Å². The molecule has 2 heterocycles. The molecule has 1 spiro atoms. The standard InChI is InChI=1S/C20H29N3O4S/c1-15(2)21-19(25)17-11-20(12-22(17)3)13-23(14-20)18(24)9-10-28(26,27)16-7-5-4-6-8-16/h4-8,15,17H,9-14H2,1-3H3,(H,21,25). The Morgan fingerprint density at radius 1 is 1.18 bits per heavy atom. The Morgan fingerprint density at radius 3 is 2.43 bits per heavy atom. The summed E-state index contributed by atoms with van der Waals surface area (Å²) in [5, 5.41) is 2.96. The SMILES string of the molecule is CC(C)NC(=O)C1CC2(CN(C(=O)CCS(=O)(=O)c3ccccc3)C2)CN1C. The number of amides is 2. The summed E-state index contributed by atoms with van der Waals surface area (Å²) >= 11 is 0. The van der Waals surface area contributed by atoms with Crippen LogP contribution in [0.15, 0.2) is 35.2 Å². The molecule has 0 saturated carbocycles. The molecule has 2 aliphatic heterocycles. The molecule has 28 heavy (non-hydrogen) atoms. The van der Waals surface area contributed by atoms with Crippen molar-refractivity contribution >= 4 is 21.7 Å². The lowest BCUT2D eigenvalue weighted by Crippen LogP contribution is -2.59. The van der Waals surface area contributed by atoms with Gasteiger partial charge in [0.1, 0.15) is 0 Å². The average Bonchev–Trinajstić information content (AvgIpc) is 2.97. The van der Waals surface area contributed by atoms with E-state index in [1.165, 1.54) is 0 Å². The van der Waals surface area contributed by atoms with Crippen LogP contribution in [-0.2, 0) is 19.4 Å². The lowest BCUT2D eigenvalue weighted by Gasteiger charge is -2.48. The highest BCUT2D eigenvalue weighted by atomic mass is 32.2. The first-order valence-electron chi connectivity index (χ1n) is 9.68. The van der Waals surface area contributed by atoms with Crippen LogP contribution in [0.2, 0.25) is 0 Å². The van der Waals surface area contributed by atoms with E-state index in [4.69, 9.17) is 0 Å². The zero-order valence-electron chi connectivity index (χ0n) is 16.7. The van der Waals surface area contributed by atoms with Crippen LogP contribution in [0.1, 0.15) is 26.7 Å². The van der Waals surface area contributed by atoms with Gasteiger partial charge in [0.15, 0.2) is 9.84 Å². The van der Waals surface area contributed by atoms with Crippen molar-refractivity contribution in [3.63, 3.8) is 0 Å². The van der Waals surface area contributed by atoms with Crippen LogP contribution in [0.4, 0.5) is 0 Å². The van der Waals surface area contributed by atoms with E-state index < -0.39 is 9.84 Å². The van der Waals surface area contributed by atoms with Crippen molar-refractivity contribution in [2.75, 3.05) is 32.4 Å². The number of carbonyl (C=O) groups excluding carboxylic acids is 2. The minimum absolute atomic E-state index is 0.0135. The van der Waals surface area contributed by atoms with Crippen LogP contribution in [-0.4, -0.2) is 74.6 Å². The lowest BCUT2D eigenvalue weighted by atomic mass is 9.77. The number of rotatable bonds is 6. The fourth-order valence-corrected chi connectivity index (χ4v) is 5.49. The van der Waals surface area contributed by atoms with Gasteiger partial charge in [0.25, 0.3) is 0 Å². The number of likely N-dealkylation sites (N-methyl/N-ethyl adjacent to an activating group) is 1. The van der Waals surface area contributed by atoms with Crippen LogP contribution in [0.25, 0.3) is 0 Å². The monoisotopic (exact) mass is 407 g/mol. The first kappa shape index (κ1) is 20.8. The van der Waals surface area contributed by atoms with Crippen molar-refractivity contribution < 1.29 is 18.0 Å². The Bertz CT molecular complexity index is 832. The molecule has 1 N–H and O–H groups in total. The predicted octanol–water partition coefficient (Wildman–Crippen LogP) is 0.908. The Labute approximate surface area is 167 Å². The van der Waals surface area contributed by atoms with Crippen molar-refractivity contribution in [3.8, 4) is 0 Å². The van der Waals surface area contributed by atoms with Crippen molar-refractivity contribution in [1.82, 2.24) is 15.1 Å². The maximum absolute atomic E-state index is 12.5. The fourth-order valence-electron chi connectivity index (χ4n) is 4.24. The molecule has 2 saturated heterocycles. The third-order valence-electron chi connectivity index (χ3n) is 5.57. The molecule has 1 aromatic carbocycles. The van der Waals surface area contributed by atoms with E-state index >= 15 is 0 Å². The third-order valence-corrected chi connectivity index (χ3v) is 7.30. The second kappa shape index (κ2) is 7.83. The van der Waals surface area contributed by atoms with Gasteiger partial charge in [-0.1, -0.05) is 18.2 Å². The number of benzene rings is 1. The number of likely N-dealkylation sites (tertiary alicyclic amines) is 2. The van der Waals surface area contributed by atoms with Crippen molar-refractivity contribution in [2.45, 2.75) is 43.7 Å². The van der Waals surface area contributed by atoms with Crippen LogP contribution in [0, 0.1) is 5.41 Å². The quantitative estimate of drug-likeness (QED) is 0.757. The highest BCUT2D eigenvalue weighted by molar-refractivity contribution is 7.91. The summed E-state index contributed by atoms with van der Waals surface area (Å²) in [6.07, 6.45) is 0.717. The third kappa shape index (κ3) is 4.38. The van der Waals surface area contributed by atoms with Gasteiger partial charge in [-0.25, -0.2) is 8.42 Å². The van der Waals surface area contributed by atoms with E-state index in [1.54, 1.807) is 35.2 Å². The van der Waals surface area contributed by atoms with Gasteiger partial charge in [-0.05, 0) is 39.4 Å². The summed E-state index contributed by atoms with van der Waals surface area (Å²) in [6.45, 7) is 5.83. The number of hydrogen-bond donors (Lipinski definition) is 1. The molecule has 0 aliphatic carbocycles. The Kier molecular flexibility index (Phi) is 5.82. The zero-order chi connectivity index (χ0) is 20.5. The summed E-state index contributed by atoms with van der Waals surface area (Å²) in [4.78, 5) is 28.8. The molecule has 8 heteroatoms. The number of hydrogen-bond acceptors (Lipinski definition) is 5. The first-order chi connectivity index (χ1) is 13.1. The van der Waals surface area contributed by atoms with Gasteiger partial charge in [0, 0.05) is 37.5 Å². The van der Waals surface area contributed by atoms with Crippen molar-refractivity contribution in [1.29, 1.82) is 0 Å². The van der Waals surface area contributed by atoms with Crippen LogP contribution in [0.5, 0.6) is 0 Å². The second-order valence-electron chi connectivity index (χ2n) is 8.43. The summed E-state index contributed by atoms with van der Waals surface area (Å²) in [5.41, 5.74) is -0.0539. The molecule has 3 rings (SSSR count). The van der Waals surface area contributed by atoms with Crippen LogP contribution >= 0.6 is 0 Å². The maximum atomic E-state index is 12.5. The van der Waals surface area contributed by atoms with E-state index in [2.05, 4.69) is 10.2 Å². The van der Waals surface area contributed by atoms with Gasteiger partial charge in [0.2, 0.25) is 11.8 Å². The molecule has 2 fully saturated rings. The minimum atomic E-state index is -3.45. The van der Waals surface area contributed by atoms with E-state index in [9.17, 15) is 18.0 Å². The topological polar surface area (TPSA) is 86.8 Å². The zero-order valence-corrected chi connectivity index (χ0v) is 17.5. The van der Waals surface area contributed by atoms with Gasteiger partial charge in [0.05, 0.1) is 16.7 Å². The number of sulfone groups is 1. The Morgan fingerprint density at radius 2 is 1.82 bits per heavy atom. The molecule has 0 bridgehead atoms. The molecule has 0 radical (unpaired) electrons. The number of nitrogens with one attached hydrogen (secondary N) is 1. The largest absolute Gasteiger partial charge is 0.353 e. The van der Waals surface area contributed by atoms with Crippen molar-refractivity contribution in [3.05, 3.63) is 30.3 Å².